The molecule has 10 aromatic rings. The van der Waals surface area contributed by atoms with Crippen LogP contribution in [0.25, 0.3) is 83.4 Å². The summed E-state index contributed by atoms with van der Waals surface area (Å²) in [5, 5.41) is 3.86. The molecule has 0 bridgehead atoms. The molecule has 0 aliphatic carbocycles. The van der Waals surface area contributed by atoms with Gasteiger partial charge in [0.1, 0.15) is 0 Å². The van der Waals surface area contributed by atoms with E-state index in [0.29, 0.717) is 22.6 Å². The van der Waals surface area contributed by atoms with E-state index in [1.807, 2.05) is 135 Å². The summed E-state index contributed by atoms with van der Waals surface area (Å²) in [7, 11) is 0. The van der Waals surface area contributed by atoms with Crippen molar-refractivity contribution >= 4 is 67.6 Å². The Labute approximate surface area is 348 Å². The van der Waals surface area contributed by atoms with Gasteiger partial charge in [-0.15, -0.1) is 0 Å². The average molecular weight is 1040 g/mol. The average Bonchev–Trinajstić information content (AvgIpc) is 3.78. The Morgan fingerprint density at radius 2 is 0.911 bits per heavy atom. The molecule has 3 nitrogen and oxygen atoms in total. The largest absolute Gasteiger partial charge is 2.00 e. The van der Waals surface area contributed by atoms with Crippen molar-refractivity contribution in [1.29, 1.82) is 0 Å². The summed E-state index contributed by atoms with van der Waals surface area (Å²) >= 11 is -0.589. The van der Waals surface area contributed by atoms with Crippen molar-refractivity contribution in [2.75, 3.05) is 0 Å². The smallest absolute Gasteiger partial charge is 2.00 e. The van der Waals surface area contributed by atoms with Gasteiger partial charge in [-0.2, -0.15) is 0 Å². The molecule has 0 radical (unpaired) electrons. The molecule has 0 unspecified atom stereocenters. The molecule has 0 aliphatic rings. The predicted octanol–water partition coefficient (Wildman–Crippen LogP) is 12.2. The molecule has 0 N–H and O–H groups in total. The standard InChI is InChI=1S/C48H28F2N2OSe2.Pt/c1-27-21-31(43-47-39(17-19-51-43)37-15-13-35(41(49)45(37)54-47)29-9-5-3-6-10-29)25-33(23-27)53-34-24-28(2)22-32(26-34)44-48-40(18-20-52-44)38-16-14-36(42(50)46(38)55-48)30-11-7-4-8-12-30;/h3-24H,1-2H3;/q-2;+2. The van der Waals surface area contributed by atoms with Crippen molar-refractivity contribution in [2.24, 2.45) is 0 Å². The maximum absolute atomic E-state index is 16.1. The third-order valence-corrected chi connectivity index (χ3v) is 15.0. The van der Waals surface area contributed by atoms with E-state index < -0.39 is 0 Å². The second-order valence-corrected chi connectivity index (χ2v) is 17.9. The first-order valence-electron chi connectivity index (χ1n) is 17.8. The third-order valence-electron chi connectivity index (χ3n) is 9.87. The zero-order valence-electron chi connectivity index (χ0n) is 29.9. The summed E-state index contributed by atoms with van der Waals surface area (Å²) in [6, 6.07) is 46.1. The Morgan fingerprint density at radius 1 is 0.500 bits per heavy atom. The summed E-state index contributed by atoms with van der Waals surface area (Å²) in [5.74, 6) is 0.724. The van der Waals surface area contributed by atoms with Gasteiger partial charge in [-0.1, -0.05) is 0 Å². The number of aromatic nitrogens is 2. The molecule has 56 heavy (non-hydrogen) atoms. The monoisotopic (exact) mass is 1040 g/mol. The summed E-state index contributed by atoms with van der Waals surface area (Å²) in [4.78, 5) is 9.63. The van der Waals surface area contributed by atoms with E-state index >= 15 is 8.78 Å². The molecule has 0 amide bonds. The summed E-state index contributed by atoms with van der Waals surface area (Å²) in [6.07, 6.45) is 3.58. The SMILES string of the molecule is Cc1cc(Oc2[c-]c(-c3nccc4c3[se]c3c(F)c(-c5ccccc5)ccc34)cc(C)c2)[c-]c(-c2nccc3c2[se]c2c(F)c(-c4ccccc4)ccc23)c1.[Pt+2]. The first-order chi connectivity index (χ1) is 26.9. The molecular weight excluding hydrogens is 1010 g/mol. The molecule has 4 aromatic heterocycles. The Morgan fingerprint density at radius 3 is 1.34 bits per heavy atom. The molecule has 8 heteroatoms. The maximum atomic E-state index is 16.1. The van der Waals surface area contributed by atoms with Crippen LogP contribution in [0.15, 0.2) is 134 Å². The van der Waals surface area contributed by atoms with E-state index in [2.05, 4.69) is 12.1 Å². The first-order valence-corrected chi connectivity index (χ1v) is 21.2. The minimum Gasteiger partial charge on any atom is 2.00 e. The van der Waals surface area contributed by atoms with Crippen LogP contribution < -0.4 is 4.74 Å². The van der Waals surface area contributed by atoms with Crippen LogP contribution in [0.2, 0.25) is 0 Å². The van der Waals surface area contributed by atoms with Crippen molar-refractivity contribution in [2.45, 2.75) is 13.8 Å². The zero-order valence-corrected chi connectivity index (χ0v) is 35.6. The summed E-state index contributed by atoms with van der Waals surface area (Å²) in [6.45, 7) is 4.04. The van der Waals surface area contributed by atoms with E-state index in [1.165, 1.54) is 0 Å². The topological polar surface area (TPSA) is 35.0 Å². The van der Waals surface area contributed by atoms with Crippen molar-refractivity contribution in [1.82, 2.24) is 9.97 Å². The number of benzene rings is 6. The fourth-order valence-corrected chi connectivity index (χ4v) is 12.6. The minimum atomic E-state index is -0.295. The van der Waals surface area contributed by atoms with Crippen LogP contribution >= 0.6 is 0 Å². The molecule has 272 valence electrons. The molecule has 0 fully saturated rings. The van der Waals surface area contributed by atoms with Crippen LogP contribution in [0.1, 0.15) is 11.1 Å². The van der Waals surface area contributed by atoms with Gasteiger partial charge in [0.2, 0.25) is 0 Å². The quantitative estimate of drug-likeness (QED) is 0.123. The summed E-state index contributed by atoms with van der Waals surface area (Å²) < 4.78 is 42.3. The van der Waals surface area contributed by atoms with Gasteiger partial charge in [-0.3, -0.25) is 0 Å². The second kappa shape index (κ2) is 14.8. The van der Waals surface area contributed by atoms with Crippen LogP contribution in [0, 0.1) is 37.6 Å². The molecular formula is C48H28F2N2OPtSe2. The van der Waals surface area contributed by atoms with E-state index in [4.69, 9.17) is 14.7 Å². The molecule has 0 spiro atoms. The predicted molar refractivity (Wildman–Crippen MR) is 221 cm³/mol. The summed E-state index contributed by atoms with van der Waals surface area (Å²) in [5.41, 5.74) is 8.06. The Bertz CT molecular complexity index is 2910. The van der Waals surface area contributed by atoms with Gasteiger partial charge in [0.25, 0.3) is 0 Å². The molecule has 4 heterocycles. The fraction of sp³-hybridized carbons (Fsp3) is 0.0417. The molecule has 0 saturated carbocycles. The fourth-order valence-electron chi connectivity index (χ4n) is 7.38. The van der Waals surface area contributed by atoms with Crippen LogP contribution in [0.5, 0.6) is 11.5 Å². The van der Waals surface area contributed by atoms with E-state index in [1.54, 1.807) is 12.4 Å². The maximum Gasteiger partial charge on any atom is 2.00 e. The van der Waals surface area contributed by atoms with Gasteiger partial charge < -0.3 is 0 Å². The van der Waals surface area contributed by atoms with E-state index in [9.17, 15) is 0 Å². The molecule has 10 rings (SSSR count). The van der Waals surface area contributed by atoms with Crippen LogP contribution in [-0.2, 0) is 21.1 Å². The van der Waals surface area contributed by atoms with E-state index in [-0.39, 0.29) is 61.7 Å². The number of hydrogen-bond donors (Lipinski definition) is 0. The first kappa shape index (κ1) is 36.6. The van der Waals surface area contributed by atoms with E-state index in [0.717, 1.165) is 83.4 Å². The number of hydrogen-bond acceptors (Lipinski definition) is 3. The number of fused-ring (bicyclic) bond motifs is 6. The van der Waals surface area contributed by atoms with Gasteiger partial charge in [0.15, 0.2) is 0 Å². The van der Waals surface area contributed by atoms with Gasteiger partial charge in [0.05, 0.1) is 0 Å². The Kier molecular flexibility index (Phi) is 9.70. The number of pyridine rings is 2. The number of aryl methyl sites for hydroxylation is 2. The molecule has 0 atom stereocenters. The minimum absolute atomic E-state index is 0. The van der Waals surface area contributed by atoms with Crippen molar-refractivity contribution in [3.63, 3.8) is 0 Å². The van der Waals surface area contributed by atoms with Crippen LogP contribution in [-0.4, -0.2) is 39.0 Å². The van der Waals surface area contributed by atoms with Gasteiger partial charge in [0, 0.05) is 0 Å². The number of rotatable bonds is 6. The normalized spacial score (nSPS) is 11.4. The zero-order chi connectivity index (χ0) is 37.2. The van der Waals surface area contributed by atoms with Crippen molar-refractivity contribution < 1.29 is 34.6 Å². The molecule has 0 saturated heterocycles. The Balaban J connectivity index is 0.00000410. The molecule has 6 aromatic carbocycles. The third kappa shape index (κ3) is 6.38. The van der Waals surface area contributed by atoms with Crippen molar-refractivity contribution in [3.8, 4) is 56.3 Å². The van der Waals surface area contributed by atoms with Crippen LogP contribution in [0.3, 0.4) is 0 Å². The van der Waals surface area contributed by atoms with Crippen LogP contribution in [0.4, 0.5) is 8.78 Å². The van der Waals surface area contributed by atoms with Gasteiger partial charge in [-0.25, -0.2) is 0 Å². The number of nitrogens with zero attached hydrogens (tertiary/aromatic N) is 2. The van der Waals surface area contributed by atoms with Gasteiger partial charge >= 0.3 is 351 Å². The number of ether oxygens (including phenoxy) is 1. The Hall–Kier alpha value is -4.99. The molecule has 0 aliphatic heterocycles. The van der Waals surface area contributed by atoms with Gasteiger partial charge in [-0.05, 0) is 0 Å². The number of halogens is 2. The van der Waals surface area contributed by atoms with Crippen molar-refractivity contribution in [3.05, 3.63) is 169 Å². The second-order valence-electron chi connectivity index (χ2n) is 13.6.